The first-order valence-corrected chi connectivity index (χ1v) is 4.76. The molecule has 1 heterocycles. The monoisotopic (exact) mass is 210 g/mol. The molecule has 0 N–H and O–H groups in total. The highest BCUT2D eigenvalue weighted by Crippen LogP contribution is 2.06. The fourth-order valence-electron chi connectivity index (χ4n) is 0.932. The van der Waals surface area contributed by atoms with Gasteiger partial charge in [-0.15, -0.1) is 11.6 Å². The summed E-state index contributed by atoms with van der Waals surface area (Å²) in [6, 6.07) is 2.07. The molecular weight excluding hydrogens is 200 g/mol. The number of hydrogen-bond acceptors (Lipinski definition) is 4. The number of hydrogen-bond donors (Lipinski definition) is 0. The van der Waals surface area contributed by atoms with Crippen LogP contribution >= 0.6 is 11.6 Å². The summed E-state index contributed by atoms with van der Waals surface area (Å²) in [5.41, 5.74) is 0.893. The van der Waals surface area contributed by atoms with Crippen LogP contribution in [-0.4, -0.2) is 23.6 Å². The normalized spacial score (nSPS) is 9.50. The molecule has 1 rings (SSSR count). The summed E-state index contributed by atoms with van der Waals surface area (Å²) in [6.07, 6.45) is 3.85. The minimum absolute atomic E-state index is 0.419. The molecule has 4 nitrogen and oxygen atoms in total. The Kier molecular flexibility index (Phi) is 4.14. The Morgan fingerprint density at radius 3 is 2.64 bits per heavy atom. The first-order valence-electron chi connectivity index (χ1n) is 4.23. The van der Waals surface area contributed by atoms with Gasteiger partial charge in [-0.3, -0.25) is 0 Å². The lowest BCUT2D eigenvalue weighted by atomic mass is 10.4. The maximum Gasteiger partial charge on any atom is 0.225 e. The van der Waals surface area contributed by atoms with Crippen LogP contribution in [-0.2, 0) is 5.88 Å². The first kappa shape index (κ1) is 10.7. The minimum Gasteiger partial charge on any atom is -0.343 e. The van der Waals surface area contributed by atoms with Gasteiger partial charge in [-0.05, 0) is 0 Å². The number of aromatic nitrogens is 2. The number of nitrogens with zero attached hydrogens (tertiary/aromatic N) is 4. The van der Waals surface area contributed by atoms with Crippen LogP contribution < -0.4 is 4.90 Å². The van der Waals surface area contributed by atoms with Crippen LogP contribution in [0.5, 0.6) is 0 Å². The van der Waals surface area contributed by atoms with Gasteiger partial charge in [0.25, 0.3) is 0 Å². The molecule has 0 unspecified atom stereocenters. The molecule has 74 valence electrons. The zero-order chi connectivity index (χ0) is 10.4. The number of anilines is 1. The predicted octanol–water partition coefficient (Wildman–Crippen LogP) is 1.57. The summed E-state index contributed by atoms with van der Waals surface area (Å²) in [4.78, 5) is 10.1. The Bertz CT molecular complexity index is 317. The molecule has 5 heteroatoms. The lowest BCUT2D eigenvalue weighted by Gasteiger charge is -2.14. The molecule has 1 aromatic rings. The molecule has 0 amide bonds. The Hall–Kier alpha value is -1.34. The van der Waals surface area contributed by atoms with Crippen LogP contribution in [0.3, 0.4) is 0 Å². The minimum atomic E-state index is 0.419. The Morgan fingerprint density at radius 2 is 2.14 bits per heavy atom. The molecule has 0 saturated heterocycles. The van der Waals surface area contributed by atoms with E-state index in [0.717, 1.165) is 5.56 Å². The van der Waals surface area contributed by atoms with Crippen molar-refractivity contribution >= 4 is 17.5 Å². The number of halogens is 1. The second-order valence-electron chi connectivity index (χ2n) is 2.85. The van der Waals surface area contributed by atoms with Gasteiger partial charge in [0.1, 0.15) is 0 Å². The van der Waals surface area contributed by atoms with Crippen LogP contribution in [0.1, 0.15) is 12.0 Å². The van der Waals surface area contributed by atoms with E-state index in [1.807, 2.05) is 11.9 Å². The van der Waals surface area contributed by atoms with E-state index in [-0.39, 0.29) is 0 Å². The molecule has 0 atom stereocenters. The van der Waals surface area contributed by atoms with Gasteiger partial charge in [0.15, 0.2) is 0 Å². The van der Waals surface area contributed by atoms with Crippen molar-refractivity contribution < 1.29 is 0 Å². The van der Waals surface area contributed by atoms with E-state index in [4.69, 9.17) is 16.9 Å². The van der Waals surface area contributed by atoms with Crippen LogP contribution in [0.15, 0.2) is 12.4 Å². The van der Waals surface area contributed by atoms with E-state index in [9.17, 15) is 0 Å². The number of alkyl halides is 1. The number of nitriles is 1. The van der Waals surface area contributed by atoms with Crippen LogP contribution in [0.2, 0.25) is 0 Å². The van der Waals surface area contributed by atoms with Crippen LogP contribution in [0.4, 0.5) is 5.95 Å². The zero-order valence-corrected chi connectivity index (χ0v) is 8.70. The fourth-order valence-corrected chi connectivity index (χ4v) is 1.07. The third-order valence-corrected chi connectivity index (χ3v) is 2.06. The van der Waals surface area contributed by atoms with E-state index in [0.29, 0.717) is 24.8 Å². The molecule has 0 radical (unpaired) electrons. The van der Waals surface area contributed by atoms with E-state index in [2.05, 4.69) is 16.0 Å². The highest BCUT2D eigenvalue weighted by atomic mass is 35.5. The fraction of sp³-hybridized carbons (Fsp3) is 0.444. The van der Waals surface area contributed by atoms with E-state index in [1.165, 1.54) is 0 Å². The summed E-state index contributed by atoms with van der Waals surface area (Å²) in [6.45, 7) is 0.636. The largest absolute Gasteiger partial charge is 0.343 e. The Morgan fingerprint density at radius 1 is 1.50 bits per heavy atom. The zero-order valence-electron chi connectivity index (χ0n) is 7.94. The number of rotatable bonds is 4. The second-order valence-corrected chi connectivity index (χ2v) is 3.12. The van der Waals surface area contributed by atoms with Crippen molar-refractivity contribution in [1.82, 2.24) is 9.97 Å². The maximum absolute atomic E-state index is 8.41. The van der Waals surface area contributed by atoms with E-state index >= 15 is 0 Å². The summed E-state index contributed by atoms with van der Waals surface area (Å²) in [5, 5.41) is 8.41. The third-order valence-electron chi connectivity index (χ3n) is 1.75. The molecule has 14 heavy (non-hydrogen) atoms. The molecular formula is C9H11ClN4. The van der Waals surface area contributed by atoms with Gasteiger partial charge in [0.2, 0.25) is 5.95 Å². The van der Waals surface area contributed by atoms with Gasteiger partial charge in [-0.25, -0.2) is 9.97 Å². The van der Waals surface area contributed by atoms with Gasteiger partial charge in [-0.1, -0.05) is 0 Å². The van der Waals surface area contributed by atoms with Crippen molar-refractivity contribution in [1.29, 1.82) is 5.26 Å². The highest BCUT2D eigenvalue weighted by molar-refractivity contribution is 6.17. The third kappa shape index (κ3) is 2.86. The maximum atomic E-state index is 8.41. The summed E-state index contributed by atoms with van der Waals surface area (Å²) < 4.78 is 0. The molecule has 1 aromatic heterocycles. The van der Waals surface area contributed by atoms with Gasteiger partial charge >= 0.3 is 0 Å². The van der Waals surface area contributed by atoms with Gasteiger partial charge < -0.3 is 4.90 Å². The van der Waals surface area contributed by atoms with Crippen molar-refractivity contribution in [3.05, 3.63) is 18.0 Å². The van der Waals surface area contributed by atoms with E-state index in [1.54, 1.807) is 12.4 Å². The molecule has 0 aliphatic rings. The summed E-state index contributed by atoms with van der Waals surface area (Å²) in [7, 11) is 1.85. The summed E-state index contributed by atoms with van der Waals surface area (Å²) >= 11 is 5.61. The SMILES string of the molecule is CN(CCC#N)c1ncc(CCl)cn1. The van der Waals surface area contributed by atoms with Crippen molar-refractivity contribution in [3.63, 3.8) is 0 Å². The second kappa shape index (κ2) is 5.40. The van der Waals surface area contributed by atoms with Crippen LogP contribution in [0, 0.1) is 11.3 Å². The highest BCUT2D eigenvalue weighted by Gasteiger charge is 2.02. The molecule has 0 aromatic carbocycles. The average Bonchev–Trinajstić information content (AvgIpc) is 2.26. The topological polar surface area (TPSA) is 52.8 Å². The Balaban J connectivity index is 2.62. The smallest absolute Gasteiger partial charge is 0.225 e. The molecule has 0 spiro atoms. The summed E-state index contributed by atoms with van der Waals surface area (Å²) in [5.74, 6) is 1.04. The van der Waals surface area contributed by atoms with Gasteiger partial charge in [0, 0.05) is 31.5 Å². The molecule has 0 fully saturated rings. The van der Waals surface area contributed by atoms with E-state index < -0.39 is 0 Å². The van der Waals surface area contributed by atoms with Gasteiger partial charge in [0.05, 0.1) is 18.4 Å². The van der Waals surface area contributed by atoms with Crippen molar-refractivity contribution in [2.24, 2.45) is 0 Å². The standard InChI is InChI=1S/C9H11ClN4/c1-14(4-2-3-11)9-12-6-8(5-10)7-13-9/h6-7H,2,4-5H2,1H3. The quantitative estimate of drug-likeness (QED) is 0.708. The Labute approximate surface area is 88.2 Å². The lowest BCUT2D eigenvalue weighted by Crippen LogP contribution is -2.20. The van der Waals surface area contributed by atoms with Gasteiger partial charge in [-0.2, -0.15) is 5.26 Å². The molecule has 0 bridgehead atoms. The first-order chi connectivity index (χ1) is 6.77. The average molecular weight is 211 g/mol. The lowest BCUT2D eigenvalue weighted by molar-refractivity contribution is 0.855. The van der Waals surface area contributed by atoms with Crippen molar-refractivity contribution in [2.45, 2.75) is 12.3 Å². The molecule has 0 aliphatic carbocycles. The van der Waals surface area contributed by atoms with Crippen LogP contribution in [0.25, 0.3) is 0 Å². The predicted molar refractivity (Wildman–Crippen MR) is 55.1 cm³/mol. The molecule has 0 aliphatic heterocycles. The van der Waals surface area contributed by atoms with Crippen molar-refractivity contribution in [3.8, 4) is 6.07 Å². The molecule has 0 saturated carbocycles. The van der Waals surface area contributed by atoms with Crippen molar-refractivity contribution in [2.75, 3.05) is 18.5 Å².